The van der Waals surface area contributed by atoms with Crippen molar-refractivity contribution in [2.24, 2.45) is 0 Å². The molecule has 0 heterocycles. The highest BCUT2D eigenvalue weighted by Crippen LogP contribution is 2.23. The van der Waals surface area contributed by atoms with E-state index in [1.807, 2.05) is 61.5 Å². The molecule has 3 rings (SSSR count). The van der Waals surface area contributed by atoms with E-state index >= 15 is 0 Å². The summed E-state index contributed by atoms with van der Waals surface area (Å²) in [5.41, 5.74) is 3.02. The summed E-state index contributed by atoms with van der Waals surface area (Å²) in [5, 5.41) is 2.89. The third kappa shape index (κ3) is 5.24. The maximum absolute atomic E-state index is 12.3. The summed E-state index contributed by atoms with van der Waals surface area (Å²) in [4.78, 5) is 25.6. The first-order valence-corrected chi connectivity index (χ1v) is 9.82. The standard InChI is InChI=1S/C23H21NO3S/c1-16-5-3-7-18(13-16)23(26)24-19-9-11-21(12-10-19)28-15-22(25)17-6-4-8-20(14-17)27-2/h3-14H,15H2,1-2H3,(H,24,26). The van der Waals surface area contributed by atoms with Crippen molar-refractivity contribution < 1.29 is 14.3 Å². The average Bonchev–Trinajstić information content (AvgIpc) is 2.73. The second kappa shape index (κ2) is 9.24. The Labute approximate surface area is 168 Å². The summed E-state index contributed by atoms with van der Waals surface area (Å²) >= 11 is 1.46. The maximum Gasteiger partial charge on any atom is 0.255 e. The van der Waals surface area contributed by atoms with Crippen molar-refractivity contribution in [2.75, 3.05) is 18.2 Å². The number of benzene rings is 3. The predicted octanol–water partition coefficient (Wildman–Crippen LogP) is 5.23. The van der Waals surface area contributed by atoms with Gasteiger partial charge >= 0.3 is 0 Å². The van der Waals surface area contributed by atoms with Gasteiger partial charge in [0, 0.05) is 21.7 Å². The van der Waals surface area contributed by atoms with Crippen molar-refractivity contribution >= 4 is 29.1 Å². The van der Waals surface area contributed by atoms with E-state index in [2.05, 4.69) is 5.32 Å². The first kappa shape index (κ1) is 19.7. The van der Waals surface area contributed by atoms with Crippen LogP contribution >= 0.6 is 11.8 Å². The molecule has 0 fully saturated rings. The highest BCUT2D eigenvalue weighted by atomic mass is 32.2. The number of nitrogens with one attached hydrogen (secondary N) is 1. The Morgan fingerprint density at radius 1 is 0.929 bits per heavy atom. The lowest BCUT2D eigenvalue weighted by molar-refractivity contribution is 0.101. The smallest absolute Gasteiger partial charge is 0.255 e. The molecule has 3 aromatic rings. The number of carbonyl (C=O) groups excluding carboxylic acids is 2. The quantitative estimate of drug-likeness (QED) is 0.442. The van der Waals surface area contributed by atoms with E-state index in [1.165, 1.54) is 11.8 Å². The normalized spacial score (nSPS) is 10.4. The van der Waals surface area contributed by atoms with Gasteiger partial charge in [-0.15, -0.1) is 11.8 Å². The lowest BCUT2D eigenvalue weighted by atomic mass is 10.1. The molecule has 0 aliphatic rings. The number of Topliss-reactive ketones (excluding diaryl/α,β-unsaturated/α-hetero) is 1. The first-order chi connectivity index (χ1) is 13.5. The first-order valence-electron chi connectivity index (χ1n) is 8.83. The van der Waals surface area contributed by atoms with E-state index in [0.29, 0.717) is 22.6 Å². The SMILES string of the molecule is COc1cccc(C(=O)CSc2ccc(NC(=O)c3cccc(C)c3)cc2)c1. The fourth-order valence-electron chi connectivity index (χ4n) is 2.65. The Balaban J connectivity index is 1.57. The third-order valence-electron chi connectivity index (χ3n) is 4.15. The molecule has 0 bridgehead atoms. The second-order valence-electron chi connectivity index (χ2n) is 6.29. The summed E-state index contributed by atoms with van der Waals surface area (Å²) in [6.07, 6.45) is 0. The molecular weight excluding hydrogens is 370 g/mol. The molecule has 0 radical (unpaired) electrons. The van der Waals surface area contributed by atoms with Gasteiger partial charge in [0.05, 0.1) is 12.9 Å². The van der Waals surface area contributed by atoms with Crippen molar-refractivity contribution in [1.82, 2.24) is 0 Å². The predicted molar refractivity (Wildman–Crippen MR) is 114 cm³/mol. The van der Waals surface area contributed by atoms with E-state index < -0.39 is 0 Å². The Hall–Kier alpha value is -3.05. The average molecular weight is 391 g/mol. The maximum atomic E-state index is 12.3. The molecule has 0 saturated heterocycles. The molecule has 28 heavy (non-hydrogen) atoms. The van der Waals surface area contributed by atoms with Gasteiger partial charge in [0.2, 0.25) is 0 Å². The number of aryl methyl sites for hydroxylation is 1. The molecule has 0 aromatic heterocycles. The molecule has 0 aliphatic heterocycles. The molecule has 0 aliphatic carbocycles. The van der Waals surface area contributed by atoms with Crippen LogP contribution in [0, 0.1) is 6.92 Å². The van der Waals surface area contributed by atoms with Crippen LogP contribution in [0.1, 0.15) is 26.3 Å². The summed E-state index contributed by atoms with van der Waals surface area (Å²) in [7, 11) is 1.58. The monoisotopic (exact) mass is 391 g/mol. The van der Waals surface area contributed by atoms with Crippen LogP contribution in [0.2, 0.25) is 0 Å². The van der Waals surface area contributed by atoms with E-state index in [1.54, 1.807) is 25.3 Å². The topological polar surface area (TPSA) is 55.4 Å². The van der Waals surface area contributed by atoms with Crippen molar-refractivity contribution in [2.45, 2.75) is 11.8 Å². The number of ether oxygens (including phenoxy) is 1. The fraction of sp³-hybridized carbons (Fsp3) is 0.130. The minimum Gasteiger partial charge on any atom is -0.497 e. The van der Waals surface area contributed by atoms with Gasteiger partial charge in [-0.1, -0.05) is 29.8 Å². The summed E-state index contributed by atoms with van der Waals surface area (Å²) in [6.45, 7) is 1.95. The van der Waals surface area contributed by atoms with E-state index in [-0.39, 0.29) is 11.7 Å². The van der Waals surface area contributed by atoms with Crippen LogP contribution in [0.25, 0.3) is 0 Å². The summed E-state index contributed by atoms with van der Waals surface area (Å²) in [5.74, 6) is 0.907. The summed E-state index contributed by atoms with van der Waals surface area (Å²) < 4.78 is 5.16. The second-order valence-corrected chi connectivity index (χ2v) is 7.34. The van der Waals surface area contributed by atoms with Gasteiger partial charge in [-0.25, -0.2) is 0 Å². The Bertz CT molecular complexity index is 983. The van der Waals surface area contributed by atoms with Gasteiger partial charge in [-0.2, -0.15) is 0 Å². The van der Waals surface area contributed by atoms with Crippen LogP contribution in [0.4, 0.5) is 5.69 Å². The van der Waals surface area contributed by atoms with E-state index in [0.717, 1.165) is 16.1 Å². The highest BCUT2D eigenvalue weighted by molar-refractivity contribution is 8.00. The minimum atomic E-state index is -0.141. The summed E-state index contributed by atoms with van der Waals surface area (Å²) in [6, 6.07) is 22.1. The molecule has 1 N–H and O–H groups in total. The van der Waals surface area contributed by atoms with Crippen molar-refractivity contribution in [1.29, 1.82) is 0 Å². The largest absolute Gasteiger partial charge is 0.497 e. The van der Waals surface area contributed by atoms with Gasteiger partial charge in [0.25, 0.3) is 5.91 Å². The highest BCUT2D eigenvalue weighted by Gasteiger charge is 2.09. The van der Waals surface area contributed by atoms with Crippen LogP contribution in [-0.2, 0) is 0 Å². The number of carbonyl (C=O) groups is 2. The van der Waals surface area contributed by atoms with Gasteiger partial charge < -0.3 is 10.1 Å². The van der Waals surface area contributed by atoms with Crippen LogP contribution in [-0.4, -0.2) is 24.6 Å². The van der Waals surface area contributed by atoms with Crippen LogP contribution in [0.5, 0.6) is 5.75 Å². The molecule has 0 spiro atoms. The van der Waals surface area contributed by atoms with Crippen LogP contribution < -0.4 is 10.1 Å². The molecule has 0 saturated carbocycles. The molecule has 142 valence electrons. The zero-order chi connectivity index (χ0) is 19.9. The van der Waals surface area contributed by atoms with Crippen LogP contribution in [0.3, 0.4) is 0 Å². The molecule has 4 nitrogen and oxygen atoms in total. The van der Waals surface area contributed by atoms with Crippen molar-refractivity contribution in [3.05, 3.63) is 89.5 Å². The van der Waals surface area contributed by atoms with Gasteiger partial charge in [-0.3, -0.25) is 9.59 Å². The van der Waals surface area contributed by atoms with Crippen LogP contribution in [0.15, 0.2) is 77.7 Å². The Kier molecular flexibility index (Phi) is 6.50. The number of thioether (sulfide) groups is 1. The minimum absolute atomic E-state index is 0.0423. The van der Waals surface area contributed by atoms with Crippen molar-refractivity contribution in [3.63, 3.8) is 0 Å². The number of hydrogen-bond acceptors (Lipinski definition) is 4. The van der Waals surface area contributed by atoms with E-state index in [4.69, 9.17) is 4.74 Å². The third-order valence-corrected chi connectivity index (χ3v) is 5.17. The Morgan fingerprint density at radius 3 is 2.36 bits per heavy atom. The van der Waals surface area contributed by atoms with Gasteiger partial charge in [0.1, 0.15) is 5.75 Å². The number of methoxy groups -OCH3 is 1. The van der Waals surface area contributed by atoms with E-state index in [9.17, 15) is 9.59 Å². The number of ketones is 1. The number of rotatable bonds is 7. The van der Waals surface area contributed by atoms with Crippen molar-refractivity contribution in [3.8, 4) is 5.75 Å². The zero-order valence-electron chi connectivity index (χ0n) is 15.8. The zero-order valence-corrected chi connectivity index (χ0v) is 16.6. The molecule has 3 aromatic carbocycles. The molecule has 0 unspecified atom stereocenters. The molecule has 0 atom stereocenters. The van der Waals surface area contributed by atoms with Gasteiger partial charge in [-0.05, 0) is 55.5 Å². The molecule has 1 amide bonds. The lowest BCUT2D eigenvalue weighted by Crippen LogP contribution is -2.11. The van der Waals surface area contributed by atoms with Gasteiger partial charge in [0.15, 0.2) is 5.78 Å². The number of hydrogen-bond donors (Lipinski definition) is 1. The Morgan fingerprint density at radius 2 is 1.64 bits per heavy atom. The number of anilines is 1. The lowest BCUT2D eigenvalue weighted by Gasteiger charge is -2.07. The number of amides is 1. The molecule has 5 heteroatoms. The fourth-order valence-corrected chi connectivity index (χ4v) is 3.45. The molecular formula is C23H21NO3S.